The van der Waals surface area contributed by atoms with Gasteiger partial charge in [0, 0.05) is 19.6 Å². The van der Waals surface area contributed by atoms with Crippen molar-refractivity contribution >= 4 is 11.7 Å². The van der Waals surface area contributed by atoms with E-state index in [1.165, 1.54) is 0 Å². The molecule has 0 radical (unpaired) electrons. The summed E-state index contributed by atoms with van der Waals surface area (Å²) >= 11 is 0. The van der Waals surface area contributed by atoms with E-state index in [0.717, 1.165) is 38.7 Å². The van der Waals surface area contributed by atoms with Crippen LogP contribution < -0.4 is 10.6 Å². The summed E-state index contributed by atoms with van der Waals surface area (Å²) in [4.78, 5) is 22.7. The molecule has 5 nitrogen and oxygen atoms in total. The van der Waals surface area contributed by atoms with Crippen LogP contribution in [0.2, 0.25) is 0 Å². The number of hydrogen-bond donors (Lipinski definition) is 2. The van der Waals surface area contributed by atoms with Crippen molar-refractivity contribution in [2.75, 3.05) is 26.8 Å². The van der Waals surface area contributed by atoms with E-state index in [4.69, 9.17) is 4.74 Å². The van der Waals surface area contributed by atoms with Crippen LogP contribution in [-0.4, -0.2) is 44.5 Å². The van der Waals surface area contributed by atoms with Crippen LogP contribution in [0.25, 0.3) is 0 Å². The number of unbranched alkanes of at least 4 members (excludes halogenated alkanes) is 2. The van der Waals surface area contributed by atoms with Gasteiger partial charge in [0.25, 0.3) is 0 Å². The molecule has 1 amide bonds. The maximum Gasteiger partial charge on any atom is 0.222 e. The van der Waals surface area contributed by atoms with Gasteiger partial charge in [0.2, 0.25) is 5.91 Å². The molecular formula is C15H30N2O3. The Morgan fingerprint density at radius 3 is 2.50 bits per heavy atom. The monoisotopic (exact) mass is 286 g/mol. The zero-order chi connectivity index (χ0) is 15.2. The third kappa shape index (κ3) is 10.9. The van der Waals surface area contributed by atoms with E-state index in [9.17, 15) is 9.59 Å². The Hall–Kier alpha value is -0.940. The van der Waals surface area contributed by atoms with Crippen LogP contribution in [0.5, 0.6) is 0 Å². The molecule has 0 aliphatic heterocycles. The molecule has 1 atom stereocenters. The van der Waals surface area contributed by atoms with E-state index in [2.05, 4.69) is 17.6 Å². The van der Waals surface area contributed by atoms with Gasteiger partial charge >= 0.3 is 0 Å². The number of hydrogen-bond acceptors (Lipinski definition) is 4. The third-order valence-electron chi connectivity index (χ3n) is 3.20. The van der Waals surface area contributed by atoms with Gasteiger partial charge in [-0.2, -0.15) is 0 Å². The first-order chi connectivity index (χ1) is 9.61. The molecule has 0 saturated carbocycles. The number of amides is 1. The van der Waals surface area contributed by atoms with Crippen molar-refractivity contribution in [3.05, 3.63) is 0 Å². The van der Waals surface area contributed by atoms with Crippen molar-refractivity contribution in [2.24, 2.45) is 0 Å². The Morgan fingerprint density at radius 1 is 1.15 bits per heavy atom. The highest BCUT2D eigenvalue weighted by Crippen LogP contribution is 2.01. The van der Waals surface area contributed by atoms with Gasteiger partial charge in [-0.05, 0) is 39.7 Å². The number of ketones is 1. The van der Waals surface area contributed by atoms with Crippen molar-refractivity contribution in [3.8, 4) is 0 Å². The van der Waals surface area contributed by atoms with Gasteiger partial charge < -0.3 is 15.4 Å². The first-order valence-corrected chi connectivity index (χ1v) is 7.64. The molecule has 1 unspecified atom stereocenters. The minimum absolute atomic E-state index is 0.0400. The number of rotatable bonds is 13. The van der Waals surface area contributed by atoms with Crippen LogP contribution in [0, 0.1) is 0 Å². The Morgan fingerprint density at radius 2 is 1.90 bits per heavy atom. The van der Waals surface area contributed by atoms with Crippen molar-refractivity contribution in [3.63, 3.8) is 0 Å². The highest BCUT2D eigenvalue weighted by Gasteiger charge is 2.10. The van der Waals surface area contributed by atoms with Crippen molar-refractivity contribution in [1.29, 1.82) is 0 Å². The van der Waals surface area contributed by atoms with E-state index in [1.54, 1.807) is 14.0 Å². The maximum absolute atomic E-state index is 11.5. The second-order valence-electron chi connectivity index (χ2n) is 5.01. The molecule has 118 valence electrons. The van der Waals surface area contributed by atoms with Crippen molar-refractivity contribution < 1.29 is 14.3 Å². The summed E-state index contributed by atoms with van der Waals surface area (Å²) in [5.74, 6) is 0.207. The Kier molecular flexibility index (Phi) is 12.4. The average molecular weight is 286 g/mol. The summed E-state index contributed by atoms with van der Waals surface area (Å²) in [6, 6.07) is -0.0577. The molecule has 0 heterocycles. The third-order valence-corrected chi connectivity index (χ3v) is 3.20. The van der Waals surface area contributed by atoms with E-state index in [1.807, 2.05) is 0 Å². The van der Waals surface area contributed by atoms with Gasteiger partial charge in [0.05, 0.1) is 12.6 Å². The molecule has 0 rings (SSSR count). The van der Waals surface area contributed by atoms with Gasteiger partial charge in [-0.1, -0.05) is 13.3 Å². The van der Waals surface area contributed by atoms with E-state index in [0.29, 0.717) is 19.6 Å². The molecule has 5 heteroatoms. The smallest absolute Gasteiger partial charge is 0.222 e. The molecule has 0 saturated heterocycles. The average Bonchev–Trinajstić information content (AvgIpc) is 2.42. The van der Waals surface area contributed by atoms with E-state index < -0.39 is 0 Å². The van der Waals surface area contributed by atoms with Gasteiger partial charge in [-0.25, -0.2) is 0 Å². The summed E-state index contributed by atoms with van der Waals surface area (Å²) in [5.41, 5.74) is 0. The molecular weight excluding hydrogens is 256 g/mol. The number of nitrogens with one attached hydrogen (secondary N) is 2. The summed E-state index contributed by atoms with van der Waals surface area (Å²) in [6.45, 7) is 5.61. The van der Waals surface area contributed by atoms with Crippen molar-refractivity contribution in [1.82, 2.24) is 10.6 Å². The largest absolute Gasteiger partial charge is 0.381 e. The summed E-state index contributed by atoms with van der Waals surface area (Å²) < 4.78 is 5.34. The SMILES string of the molecule is CCCCOCCC(=O)NCCCCC(NC)C(C)=O. The van der Waals surface area contributed by atoms with Crippen LogP contribution in [0.3, 0.4) is 0 Å². The van der Waals surface area contributed by atoms with Crippen LogP contribution in [0.4, 0.5) is 0 Å². The van der Waals surface area contributed by atoms with Crippen LogP contribution in [-0.2, 0) is 14.3 Å². The Labute approximate surface area is 122 Å². The minimum Gasteiger partial charge on any atom is -0.381 e. The summed E-state index contributed by atoms with van der Waals surface area (Å²) in [5, 5.41) is 5.86. The molecule has 0 aromatic rings. The number of Topliss-reactive ketones (excluding diaryl/α,β-unsaturated/α-hetero) is 1. The fourth-order valence-electron chi connectivity index (χ4n) is 1.85. The quantitative estimate of drug-likeness (QED) is 0.505. The maximum atomic E-state index is 11.5. The minimum atomic E-state index is -0.0577. The van der Waals surface area contributed by atoms with Gasteiger partial charge in [-0.3, -0.25) is 9.59 Å². The van der Waals surface area contributed by atoms with E-state index >= 15 is 0 Å². The first kappa shape index (κ1) is 19.1. The predicted molar refractivity (Wildman–Crippen MR) is 80.7 cm³/mol. The molecule has 20 heavy (non-hydrogen) atoms. The Bertz CT molecular complexity index is 270. The molecule has 0 bridgehead atoms. The molecule has 0 aromatic carbocycles. The molecule has 0 spiro atoms. The molecule has 0 fully saturated rings. The number of carbonyl (C=O) groups excluding carboxylic acids is 2. The second kappa shape index (κ2) is 13.1. The molecule has 0 aliphatic carbocycles. The first-order valence-electron chi connectivity index (χ1n) is 7.64. The lowest BCUT2D eigenvalue weighted by Gasteiger charge is -2.12. The number of likely N-dealkylation sites (N-methyl/N-ethyl adjacent to an activating group) is 1. The number of carbonyl (C=O) groups is 2. The second-order valence-corrected chi connectivity index (χ2v) is 5.01. The van der Waals surface area contributed by atoms with Crippen LogP contribution in [0.15, 0.2) is 0 Å². The molecule has 0 aliphatic rings. The fourth-order valence-corrected chi connectivity index (χ4v) is 1.85. The molecule has 0 aromatic heterocycles. The highest BCUT2D eigenvalue weighted by molar-refractivity contribution is 5.81. The highest BCUT2D eigenvalue weighted by atomic mass is 16.5. The van der Waals surface area contributed by atoms with Gasteiger partial charge in [0.15, 0.2) is 0 Å². The lowest BCUT2D eigenvalue weighted by molar-refractivity contribution is -0.122. The summed E-state index contributed by atoms with van der Waals surface area (Å²) in [7, 11) is 1.80. The zero-order valence-corrected chi connectivity index (χ0v) is 13.2. The van der Waals surface area contributed by atoms with Gasteiger partial charge in [-0.15, -0.1) is 0 Å². The normalized spacial score (nSPS) is 12.2. The molecule has 2 N–H and O–H groups in total. The van der Waals surface area contributed by atoms with Crippen LogP contribution in [0.1, 0.15) is 52.4 Å². The lowest BCUT2D eigenvalue weighted by Crippen LogP contribution is -2.32. The zero-order valence-electron chi connectivity index (χ0n) is 13.2. The predicted octanol–water partition coefficient (Wildman–Crippen LogP) is 1.66. The Balaban J connectivity index is 3.41. The van der Waals surface area contributed by atoms with Crippen molar-refractivity contribution in [2.45, 2.75) is 58.4 Å². The number of ether oxygens (including phenoxy) is 1. The van der Waals surface area contributed by atoms with Gasteiger partial charge in [0.1, 0.15) is 5.78 Å². The summed E-state index contributed by atoms with van der Waals surface area (Å²) in [6.07, 6.45) is 5.23. The topological polar surface area (TPSA) is 67.4 Å². The van der Waals surface area contributed by atoms with E-state index in [-0.39, 0.29) is 17.7 Å². The van der Waals surface area contributed by atoms with Crippen LogP contribution >= 0.6 is 0 Å². The standard InChI is InChI=1S/C15H30N2O3/c1-4-5-11-20-12-9-15(19)17-10-7-6-8-14(16-3)13(2)18/h14,16H,4-12H2,1-3H3,(H,17,19). The lowest BCUT2D eigenvalue weighted by atomic mass is 10.1. The fraction of sp³-hybridized carbons (Fsp3) is 0.867.